The van der Waals surface area contributed by atoms with E-state index < -0.39 is 5.60 Å². The van der Waals surface area contributed by atoms with Gasteiger partial charge in [0.25, 0.3) is 0 Å². The Kier molecular flexibility index (Phi) is 3.22. The standard InChI is InChI=1S/C23H21NO/c25-23(18-14-15-18)19-10-4-6-12-21(19)24(16-17-8-2-1-3-9-17)22-13-7-5-11-20(22)23/h1-13,18,25H,14-16H2. The van der Waals surface area contributed by atoms with Crippen LogP contribution in [0.25, 0.3) is 0 Å². The van der Waals surface area contributed by atoms with Crippen molar-refractivity contribution >= 4 is 11.4 Å². The van der Waals surface area contributed by atoms with Crippen LogP contribution in [0.1, 0.15) is 29.5 Å². The van der Waals surface area contributed by atoms with Gasteiger partial charge in [-0.15, -0.1) is 0 Å². The van der Waals surface area contributed by atoms with Gasteiger partial charge in [-0.25, -0.2) is 0 Å². The molecule has 1 aliphatic carbocycles. The largest absolute Gasteiger partial charge is 0.380 e. The lowest BCUT2D eigenvalue weighted by molar-refractivity contribution is 0.0557. The minimum Gasteiger partial charge on any atom is -0.380 e. The Hall–Kier alpha value is -2.58. The SMILES string of the molecule is OC1(C2CC2)c2ccccc2N(Cc2ccccc2)c2ccccc21. The first-order valence-electron chi connectivity index (χ1n) is 9.01. The van der Waals surface area contributed by atoms with E-state index >= 15 is 0 Å². The fourth-order valence-corrected chi connectivity index (χ4v) is 4.21. The Morgan fingerprint density at radius 1 is 0.760 bits per heavy atom. The Balaban J connectivity index is 1.71. The molecule has 1 aliphatic heterocycles. The number of fused-ring (bicyclic) bond motifs is 2. The third kappa shape index (κ3) is 2.21. The first-order chi connectivity index (χ1) is 12.3. The van der Waals surface area contributed by atoms with E-state index in [1.165, 1.54) is 5.56 Å². The molecule has 1 saturated carbocycles. The van der Waals surface area contributed by atoms with E-state index in [-0.39, 0.29) is 0 Å². The van der Waals surface area contributed by atoms with Crippen LogP contribution in [-0.4, -0.2) is 5.11 Å². The molecule has 25 heavy (non-hydrogen) atoms. The second-order valence-corrected chi connectivity index (χ2v) is 7.15. The van der Waals surface area contributed by atoms with E-state index in [1.807, 2.05) is 18.2 Å². The van der Waals surface area contributed by atoms with Gasteiger partial charge in [0.05, 0.1) is 0 Å². The van der Waals surface area contributed by atoms with Crippen LogP contribution in [0.3, 0.4) is 0 Å². The smallest absolute Gasteiger partial charge is 0.121 e. The molecule has 0 spiro atoms. The summed E-state index contributed by atoms with van der Waals surface area (Å²) in [7, 11) is 0. The number of rotatable bonds is 3. The van der Waals surface area contributed by atoms with Crippen LogP contribution in [-0.2, 0) is 12.1 Å². The maximum absolute atomic E-state index is 11.8. The van der Waals surface area contributed by atoms with Crippen molar-refractivity contribution in [2.45, 2.75) is 25.0 Å². The van der Waals surface area contributed by atoms with Gasteiger partial charge in [-0.2, -0.15) is 0 Å². The zero-order chi connectivity index (χ0) is 16.9. The molecule has 0 unspecified atom stereocenters. The molecule has 2 aliphatic rings. The predicted octanol–water partition coefficient (Wildman–Crippen LogP) is 4.98. The molecule has 1 heterocycles. The highest BCUT2D eigenvalue weighted by Crippen LogP contribution is 2.57. The Bertz CT molecular complexity index is 867. The maximum atomic E-state index is 11.8. The number of benzene rings is 3. The van der Waals surface area contributed by atoms with Gasteiger partial charge in [0.15, 0.2) is 0 Å². The van der Waals surface area contributed by atoms with Crippen LogP contribution in [0.5, 0.6) is 0 Å². The number of nitrogens with zero attached hydrogens (tertiary/aromatic N) is 1. The van der Waals surface area contributed by atoms with E-state index in [2.05, 4.69) is 65.6 Å². The van der Waals surface area contributed by atoms with Crippen molar-refractivity contribution in [3.05, 3.63) is 95.6 Å². The van der Waals surface area contributed by atoms with E-state index in [1.54, 1.807) is 0 Å². The summed E-state index contributed by atoms with van der Waals surface area (Å²) in [5.74, 6) is 0.327. The van der Waals surface area contributed by atoms with Gasteiger partial charge < -0.3 is 10.0 Å². The summed E-state index contributed by atoms with van der Waals surface area (Å²) < 4.78 is 0. The zero-order valence-electron chi connectivity index (χ0n) is 14.1. The highest BCUT2D eigenvalue weighted by atomic mass is 16.3. The van der Waals surface area contributed by atoms with Crippen LogP contribution >= 0.6 is 0 Å². The summed E-state index contributed by atoms with van der Waals surface area (Å²) in [6.07, 6.45) is 2.19. The van der Waals surface area contributed by atoms with Gasteiger partial charge in [-0.3, -0.25) is 0 Å². The summed E-state index contributed by atoms with van der Waals surface area (Å²) in [5.41, 5.74) is 4.75. The van der Waals surface area contributed by atoms with E-state index in [0.717, 1.165) is 41.9 Å². The lowest BCUT2D eigenvalue weighted by Crippen LogP contribution is -2.38. The summed E-state index contributed by atoms with van der Waals surface area (Å²) in [6.45, 7) is 0.801. The molecule has 1 fully saturated rings. The lowest BCUT2D eigenvalue weighted by Gasteiger charge is -2.43. The molecule has 0 bridgehead atoms. The summed E-state index contributed by atoms with van der Waals surface area (Å²) in [6, 6.07) is 27.2. The average Bonchev–Trinajstić information content (AvgIpc) is 3.52. The van der Waals surface area contributed by atoms with Crippen LogP contribution in [0.15, 0.2) is 78.9 Å². The summed E-state index contributed by atoms with van der Waals surface area (Å²) >= 11 is 0. The Morgan fingerprint density at radius 3 is 1.84 bits per heavy atom. The van der Waals surface area contributed by atoms with Gasteiger partial charge in [0, 0.05) is 29.0 Å². The molecule has 3 aromatic carbocycles. The van der Waals surface area contributed by atoms with Crippen LogP contribution in [0.4, 0.5) is 11.4 Å². The topological polar surface area (TPSA) is 23.5 Å². The molecule has 3 aromatic rings. The normalized spacial score (nSPS) is 17.7. The molecule has 0 amide bonds. The number of para-hydroxylation sites is 2. The second kappa shape index (κ2) is 5.47. The molecule has 124 valence electrons. The van der Waals surface area contributed by atoms with Crippen molar-refractivity contribution in [1.82, 2.24) is 0 Å². The molecule has 1 N–H and O–H groups in total. The van der Waals surface area contributed by atoms with E-state index in [4.69, 9.17) is 0 Å². The first kappa shape index (κ1) is 14.7. The molecular weight excluding hydrogens is 306 g/mol. The minimum absolute atomic E-state index is 0.327. The monoisotopic (exact) mass is 327 g/mol. The van der Waals surface area contributed by atoms with Gasteiger partial charge in [0.2, 0.25) is 0 Å². The van der Waals surface area contributed by atoms with E-state index in [0.29, 0.717) is 5.92 Å². The third-order valence-electron chi connectivity index (χ3n) is 5.56. The number of aliphatic hydroxyl groups is 1. The Labute approximate surface area is 148 Å². The summed E-state index contributed by atoms with van der Waals surface area (Å²) in [4.78, 5) is 2.34. The number of hydrogen-bond acceptors (Lipinski definition) is 2. The van der Waals surface area contributed by atoms with Crippen LogP contribution in [0, 0.1) is 5.92 Å². The van der Waals surface area contributed by atoms with Crippen molar-refractivity contribution in [1.29, 1.82) is 0 Å². The fourth-order valence-electron chi connectivity index (χ4n) is 4.21. The highest BCUT2D eigenvalue weighted by molar-refractivity contribution is 5.77. The Morgan fingerprint density at radius 2 is 1.28 bits per heavy atom. The minimum atomic E-state index is -0.861. The van der Waals surface area contributed by atoms with Crippen molar-refractivity contribution < 1.29 is 5.11 Å². The van der Waals surface area contributed by atoms with Gasteiger partial charge in [0.1, 0.15) is 5.60 Å². The predicted molar refractivity (Wildman–Crippen MR) is 101 cm³/mol. The van der Waals surface area contributed by atoms with Crippen LogP contribution < -0.4 is 4.90 Å². The molecule has 0 atom stereocenters. The third-order valence-corrected chi connectivity index (χ3v) is 5.56. The number of anilines is 2. The average molecular weight is 327 g/mol. The van der Waals surface area contributed by atoms with Crippen molar-refractivity contribution in [2.75, 3.05) is 4.90 Å². The van der Waals surface area contributed by atoms with Gasteiger partial charge >= 0.3 is 0 Å². The van der Waals surface area contributed by atoms with Gasteiger partial charge in [-0.1, -0.05) is 66.7 Å². The van der Waals surface area contributed by atoms with Crippen molar-refractivity contribution in [3.63, 3.8) is 0 Å². The molecule has 0 aromatic heterocycles. The molecule has 0 radical (unpaired) electrons. The second-order valence-electron chi connectivity index (χ2n) is 7.15. The van der Waals surface area contributed by atoms with Crippen LogP contribution in [0.2, 0.25) is 0 Å². The molecular formula is C23H21NO. The summed E-state index contributed by atoms with van der Waals surface area (Å²) in [5, 5.41) is 11.8. The zero-order valence-corrected chi connectivity index (χ0v) is 14.1. The number of hydrogen-bond donors (Lipinski definition) is 1. The molecule has 2 nitrogen and oxygen atoms in total. The molecule has 0 saturated heterocycles. The van der Waals surface area contributed by atoms with Gasteiger partial charge in [-0.05, 0) is 36.5 Å². The van der Waals surface area contributed by atoms with Crippen molar-refractivity contribution in [3.8, 4) is 0 Å². The first-order valence-corrected chi connectivity index (χ1v) is 9.01. The lowest BCUT2D eigenvalue weighted by atomic mass is 9.77. The maximum Gasteiger partial charge on any atom is 0.121 e. The van der Waals surface area contributed by atoms with Crippen molar-refractivity contribution in [2.24, 2.45) is 5.92 Å². The highest BCUT2D eigenvalue weighted by Gasteiger charge is 2.51. The quantitative estimate of drug-likeness (QED) is 0.733. The van der Waals surface area contributed by atoms with E-state index in [9.17, 15) is 5.11 Å². The fraction of sp³-hybridized carbons (Fsp3) is 0.217. The molecule has 5 rings (SSSR count). The molecule has 2 heteroatoms.